The van der Waals surface area contributed by atoms with Gasteiger partial charge < -0.3 is 14.4 Å². The number of imidazole rings is 1. The number of aryl methyl sites for hydroxylation is 1. The molecule has 0 aliphatic heterocycles. The lowest BCUT2D eigenvalue weighted by Crippen LogP contribution is -2.10. The lowest BCUT2D eigenvalue weighted by Gasteiger charge is -2.09. The van der Waals surface area contributed by atoms with Crippen LogP contribution in [0, 0.1) is 0 Å². The van der Waals surface area contributed by atoms with E-state index in [2.05, 4.69) is 11.9 Å². The van der Waals surface area contributed by atoms with Crippen molar-refractivity contribution in [2.75, 3.05) is 6.61 Å². The SMILES string of the molecule is CCc1nccn1CCOc1cccc(C(=O)O)c1. The lowest BCUT2D eigenvalue weighted by atomic mass is 10.2. The van der Waals surface area contributed by atoms with Crippen molar-refractivity contribution in [3.8, 4) is 5.75 Å². The molecule has 0 amide bonds. The topological polar surface area (TPSA) is 64.4 Å². The molecule has 2 rings (SSSR count). The quantitative estimate of drug-likeness (QED) is 0.865. The molecule has 0 aliphatic carbocycles. The van der Waals surface area contributed by atoms with Gasteiger partial charge in [-0.05, 0) is 18.2 Å². The summed E-state index contributed by atoms with van der Waals surface area (Å²) in [7, 11) is 0. The maximum absolute atomic E-state index is 10.8. The van der Waals surface area contributed by atoms with Crippen LogP contribution in [0.1, 0.15) is 23.1 Å². The van der Waals surface area contributed by atoms with Crippen molar-refractivity contribution < 1.29 is 14.6 Å². The van der Waals surface area contributed by atoms with E-state index in [-0.39, 0.29) is 5.56 Å². The predicted molar refractivity (Wildman–Crippen MR) is 70.5 cm³/mol. The number of hydrogen-bond donors (Lipinski definition) is 1. The van der Waals surface area contributed by atoms with E-state index in [4.69, 9.17) is 9.84 Å². The number of hydrogen-bond acceptors (Lipinski definition) is 3. The molecular formula is C14H16N2O3. The Hall–Kier alpha value is -2.30. The van der Waals surface area contributed by atoms with E-state index in [1.165, 1.54) is 6.07 Å². The molecule has 2 aromatic rings. The van der Waals surface area contributed by atoms with Crippen molar-refractivity contribution in [1.29, 1.82) is 0 Å². The highest BCUT2D eigenvalue weighted by Gasteiger charge is 2.04. The molecule has 5 nitrogen and oxygen atoms in total. The summed E-state index contributed by atoms with van der Waals surface area (Å²) in [5.41, 5.74) is 0.231. The number of aromatic nitrogens is 2. The fraction of sp³-hybridized carbons (Fsp3) is 0.286. The van der Waals surface area contributed by atoms with Crippen LogP contribution in [-0.4, -0.2) is 27.2 Å². The molecule has 1 aromatic carbocycles. The highest BCUT2D eigenvalue weighted by atomic mass is 16.5. The first-order valence-electron chi connectivity index (χ1n) is 6.17. The van der Waals surface area contributed by atoms with Gasteiger partial charge in [0, 0.05) is 18.8 Å². The van der Waals surface area contributed by atoms with Gasteiger partial charge in [-0.15, -0.1) is 0 Å². The Morgan fingerprint density at radius 1 is 1.47 bits per heavy atom. The van der Waals surface area contributed by atoms with E-state index in [0.29, 0.717) is 18.9 Å². The Labute approximate surface area is 111 Å². The van der Waals surface area contributed by atoms with E-state index in [1.807, 2.05) is 10.8 Å². The van der Waals surface area contributed by atoms with Crippen molar-refractivity contribution in [3.63, 3.8) is 0 Å². The molecule has 0 fully saturated rings. The minimum Gasteiger partial charge on any atom is -0.492 e. The van der Waals surface area contributed by atoms with Gasteiger partial charge in [0.05, 0.1) is 12.1 Å². The third-order valence-electron chi connectivity index (χ3n) is 2.80. The molecule has 0 aliphatic rings. The summed E-state index contributed by atoms with van der Waals surface area (Å²) in [5, 5.41) is 8.89. The van der Waals surface area contributed by atoms with Gasteiger partial charge in [-0.1, -0.05) is 13.0 Å². The third kappa shape index (κ3) is 3.34. The molecule has 0 atom stereocenters. The second kappa shape index (κ2) is 6.04. The molecule has 0 unspecified atom stereocenters. The van der Waals surface area contributed by atoms with Crippen LogP contribution < -0.4 is 4.74 Å². The molecule has 5 heteroatoms. The van der Waals surface area contributed by atoms with Gasteiger partial charge >= 0.3 is 5.97 Å². The molecule has 0 saturated carbocycles. The molecule has 19 heavy (non-hydrogen) atoms. The van der Waals surface area contributed by atoms with Crippen LogP contribution in [0.15, 0.2) is 36.7 Å². The summed E-state index contributed by atoms with van der Waals surface area (Å²) in [6, 6.07) is 6.49. The zero-order valence-corrected chi connectivity index (χ0v) is 10.7. The monoisotopic (exact) mass is 260 g/mol. The second-order valence-corrected chi connectivity index (χ2v) is 4.07. The van der Waals surface area contributed by atoms with Gasteiger partial charge in [0.1, 0.15) is 18.2 Å². The van der Waals surface area contributed by atoms with Gasteiger partial charge in [0.25, 0.3) is 0 Å². The van der Waals surface area contributed by atoms with E-state index in [1.54, 1.807) is 24.4 Å². The Kier molecular flexibility index (Phi) is 4.18. The summed E-state index contributed by atoms with van der Waals surface area (Å²) in [6.07, 6.45) is 4.56. The molecule has 1 N–H and O–H groups in total. The molecule has 0 saturated heterocycles. The first-order chi connectivity index (χ1) is 9.20. The molecule has 0 bridgehead atoms. The minimum absolute atomic E-state index is 0.231. The van der Waals surface area contributed by atoms with E-state index in [0.717, 1.165) is 12.2 Å². The summed E-state index contributed by atoms with van der Waals surface area (Å²) < 4.78 is 7.59. The molecule has 100 valence electrons. The average molecular weight is 260 g/mol. The van der Waals surface area contributed by atoms with Crippen LogP contribution in [0.5, 0.6) is 5.75 Å². The zero-order valence-electron chi connectivity index (χ0n) is 10.7. The third-order valence-corrected chi connectivity index (χ3v) is 2.80. The maximum atomic E-state index is 10.8. The number of ether oxygens (including phenoxy) is 1. The largest absolute Gasteiger partial charge is 0.492 e. The highest BCUT2D eigenvalue weighted by molar-refractivity contribution is 5.87. The first-order valence-corrected chi connectivity index (χ1v) is 6.17. The zero-order chi connectivity index (χ0) is 13.7. The smallest absolute Gasteiger partial charge is 0.335 e. The molecule has 1 aromatic heterocycles. The van der Waals surface area contributed by atoms with Crippen LogP contribution >= 0.6 is 0 Å². The van der Waals surface area contributed by atoms with Gasteiger partial charge in [0.2, 0.25) is 0 Å². The number of aromatic carboxylic acids is 1. The normalized spacial score (nSPS) is 10.4. The van der Waals surface area contributed by atoms with Crippen molar-refractivity contribution in [2.24, 2.45) is 0 Å². The van der Waals surface area contributed by atoms with Gasteiger partial charge in [0.15, 0.2) is 0 Å². The predicted octanol–water partition coefficient (Wildman–Crippen LogP) is 2.22. The lowest BCUT2D eigenvalue weighted by molar-refractivity contribution is 0.0696. The van der Waals surface area contributed by atoms with Crippen molar-refractivity contribution in [3.05, 3.63) is 48.0 Å². The number of carbonyl (C=O) groups is 1. The fourth-order valence-electron chi connectivity index (χ4n) is 1.84. The summed E-state index contributed by atoms with van der Waals surface area (Å²) in [6.45, 7) is 3.23. The number of nitrogens with zero attached hydrogens (tertiary/aromatic N) is 2. The Morgan fingerprint density at radius 2 is 2.32 bits per heavy atom. The summed E-state index contributed by atoms with van der Waals surface area (Å²) in [4.78, 5) is 15.1. The first kappa shape index (κ1) is 13.1. The van der Waals surface area contributed by atoms with Crippen LogP contribution in [0.25, 0.3) is 0 Å². The maximum Gasteiger partial charge on any atom is 0.335 e. The van der Waals surface area contributed by atoms with E-state index in [9.17, 15) is 4.79 Å². The summed E-state index contributed by atoms with van der Waals surface area (Å²) >= 11 is 0. The van der Waals surface area contributed by atoms with Crippen LogP contribution in [0.4, 0.5) is 0 Å². The second-order valence-electron chi connectivity index (χ2n) is 4.07. The van der Waals surface area contributed by atoms with Gasteiger partial charge in [-0.2, -0.15) is 0 Å². The standard InChI is InChI=1S/C14H16N2O3/c1-2-13-15-6-7-16(13)8-9-19-12-5-3-4-11(10-12)14(17)18/h3-7,10H,2,8-9H2,1H3,(H,17,18). The molecule has 1 heterocycles. The van der Waals surface area contributed by atoms with E-state index >= 15 is 0 Å². The molecular weight excluding hydrogens is 244 g/mol. The fourth-order valence-corrected chi connectivity index (χ4v) is 1.84. The number of carboxylic acid groups (broad SMARTS) is 1. The number of carboxylic acids is 1. The van der Waals surface area contributed by atoms with Crippen molar-refractivity contribution in [1.82, 2.24) is 9.55 Å². The Bertz CT molecular complexity index is 563. The van der Waals surface area contributed by atoms with Gasteiger partial charge in [-0.3, -0.25) is 0 Å². The Balaban J connectivity index is 1.92. The van der Waals surface area contributed by atoms with Crippen molar-refractivity contribution in [2.45, 2.75) is 19.9 Å². The number of benzene rings is 1. The minimum atomic E-state index is -0.951. The van der Waals surface area contributed by atoms with Gasteiger partial charge in [-0.25, -0.2) is 9.78 Å². The molecule has 0 radical (unpaired) electrons. The van der Waals surface area contributed by atoms with Crippen LogP contribution in [0.3, 0.4) is 0 Å². The average Bonchev–Trinajstić information content (AvgIpc) is 2.86. The number of rotatable bonds is 6. The van der Waals surface area contributed by atoms with Crippen LogP contribution in [-0.2, 0) is 13.0 Å². The summed E-state index contributed by atoms with van der Waals surface area (Å²) in [5.74, 6) is 0.634. The molecule has 0 spiro atoms. The highest BCUT2D eigenvalue weighted by Crippen LogP contribution is 2.13. The van der Waals surface area contributed by atoms with E-state index < -0.39 is 5.97 Å². The van der Waals surface area contributed by atoms with Crippen molar-refractivity contribution >= 4 is 5.97 Å². The van der Waals surface area contributed by atoms with Crippen LogP contribution in [0.2, 0.25) is 0 Å². The Morgan fingerprint density at radius 3 is 3.05 bits per heavy atom.